The topological polar surface area (TPSA) is 60.9 Å². The summed E-state index contributed by atoms with van der Waals surface area (Å²) in [5, 5.41) is 0.479. The maximum Gasteiger partial charge on any atom is 0.232 e. The zero-order chi connectivity index (χ0) is 25.2. The standard InChI is InChI=1S/C27H36ClN3O3S/c1-20(2)29-12-5-13-31(35(3,33)34)26-18-25(28)11-10-24(26)19-30(15-14-29)27(32)17-21-8-9-22-6-4-7-23(22)16-21/h8-11,16,18,20H,4-7,12-15,17,19H2,1-3H3. The Morgan fingerprint density at radius 2 is 1.69 bits per heavy atom. The van der Waals surface area contributed by atoms with Crippen molar-refractivity contribution in [2.75, 3.05) is 36.7 Å². The molecular weight excluding hydrogens is 482 g/mol. The first-order valence-corrected chi connectivity index (χ1v) is 14.7. The van der Waals surface area contributed by atoms with Crippen LogP contribution in [0.2, 0.25) is 5.02 Å². The summed E-state index contributed by atoms with van der Waals surface area (Å²) in [7, 11) is -3.51. The highest BCUT2D eigenvalue weighted by molar-refractivity contribution is 7.92. The van der Waals surface area contributed by atoms with Gasteiger partial charge in [-0.25, -0.2) is 8.42 Å². The van der Waals surface area contributed by atoms with E-state index in [1.54, 1.807) is 12.1 Å². The SMILES string of the molecule is CC(C)N1CCCN(S(C)(=O)=O)c2cc(Cl)ccc2CN(C(=O)Cc2ccc3c(c2)CCC3)CC1. The summed E-state index contributed by atoms with van der Waals surface area (Å²) >= 11 is 6.30. The van der Waals surface area contributed by atoms with Crippen LogP contribution < -0.4 is 4.31 Å². The van der Waals surface area contributed by atoms with E-state index in [-0.39, 0.29) is 5.91 Å². The predicted octanol–water partition coefficient (Wildman–Crippen LogP) is 4.28. The Bertz CT molecular complexity index is 1180. The van der Waals surface area contributed by atoms with Crippen LogP contribution in [0, 0.1) is 0 Å². The molecule has 1 heterocycles. The lowest BCUT2D eigenvalue weighted by Crippen LogP contribution is -2.41. The molecular formula is C27H36ClN3O3S. The van der Waals surface area contributed by atoms with Crippen molar-refractivity contribution in [1.82, 2.24) is 9.80 Å². The molecule has 2 aromatic carbocycles. The zero-order valence-electron chi connectivity index (χ0n) is 21.0. The Hall–Kier alpha value is -2.09. The van der Waals surface area contributed by atoms with Gasteiger partial charge in [0.1, 0.15) is 0 Å². The highest BCUT2D eigenvalue weighted by Gasteiger charge is 2.26. The summed E-state index contributed by atoms with van der Waals surface area (Å²) in [6.07, 6.45) is 5.65. The van der Waals surface area contributed by atoms with Gasteiger partial charge < -0.3 is 4.90 Å². The van der Waals surface area contributed by atoms with E-state index >= 15 is 0 Å². The van der Waals surface area contributed by atoms with E-state index < -0.39 is 10.0 Å². The van der Waals surface area contributed by atoms with Crippen molar-refractivity contribution >= 4 is 33.2 Å². The molecule has 8 heteroatoms. The van der Waals surface area contributed by atoms with Crippen molar-refractivity contribution in [2.24, 2.45) is 0 Å². The molecule has 0 N–H and O–H groups in total. The number of carbonyl (C=O) groups excluding carboxylic acids is 1. The molecule has 0 bridgehead atoms. The van der Waals surface area contributed by atoms with Gasteiger partial charge in [0.25, 0.3) is 0 Å². The van der Waals surface area contributed by atoms with Crippen molar-refractivity contribution in [1.29, 1.82) is 0 Å². The van der Waals surface area contributed by atoms with E-state index in [4.69, 9.17) is 11.6 Å². The van der Waals surface area contributed by atoms with Gasteiger partial charge in [0.05, 0.1) is 18.4 Å². The molecule has 2 aliphatic rings. The number of nitrogens with zero attached hydrogens (tertiary/aromatic N) is 3. The summed E-state index contributed by atoms with van der Waals surface area (Å²) in [6.45, 7) is 7.08. The van der Waals surface area contributed by atoms with E-state index in [9.17, 15) is 13.2 Å². The Morgan fingerprint density at radius 1 is 0.943 bits per heavy atom. The third-order valence-corrected chi connectivity index (χ3v) is 8.56. The Morgan fingerprint density at radius 3 is 2.43 bits per heavy atom. The molecule has 190 valence electrons. The number of anilines is 1. The number of fused-ring (bicyclic) bond motifs is 2. The molecule has 0 saturated carbocycles. The second-order valence-corrected chi connectivity index (χ2v) is 12.4. The smallest absolute Gasteiger partial charge is 0.232 e. The first-order chi connectivity index (χ1) is 16.6. The molecule has 0 saturated heterocycles. The van der Waals surface area contributed by atoms with Crippen LogP contribution in [0.4, 0.5) is 5.69 Å². The molecule has 1 amide bonds. The molecule has 4 rings (SSSR count). The van der Waals surface area contributed by atoms with Gasteiger partial charge in [-0.15, -0.1) is 0 Å². The van der Waals surface area contributed by atoms with Crippen LogP contribution in [0.3, 0.4) is 0 Å². The van der Waals surface area contributed by atoms with Crippen molar-refractivity contribution in [2.45, 2.75) is 58.5 Å². The van der Waals surface area contributed by atoms with Crippen molar-refractivity contribution in [3.63, 3.8) is 0 Å². The lowest BCUT2D eigenvalue weighted by Gasteiger charge is -2.30. The zero-order valence-corrected chi connectivity index (χ0v) is 22.5. The summed E-state index contributed by atoms with van der Waals surface area (Å²) in [6, 6.07) is 12.1. The van der Waals surface area contributed by atoms with Crippen LogP contribution in [-0.2, 0) is 40.6 Å². The van der Waals surface area contributed by atoms with E-state index in [0.29, 0.717) is 49.2 Å². The fourth-order valence-electron chi connectivity index (χ4n) is 5.18. The normalized spacial score (nSPS) is 17.7. The van der Waals surface area contributed by atoms with Crippen LogP contribution in [0.5, 0.6) is 0 Å². The second kappa shape index (κ2) is 10.9. The third-order valence-electron chi connectivity index (χ3n) is 7.14. The molecule has 2 aromatic rings. The number of aryl methyl sites for hydroxylation is 2. The number of halogens is 1. The number of hydrogen-bond donors (Lipinski definition) is 0. The van der Waals surface area contributed by atoms with E-state index in [1.165, 1.54) is 28.1 Å². The van der Waals surface area contributed by atoms with Crippen molar-refractivity contribution in [3.8, 4) is 0 Å². The molecule has 0 atom stereocenters. The summed E-state index contributed by atoms with van der Waals surface area (Å²) in [4.78, 5) is 17.8. The minimum absolute atomic E-state index is 0.0534. The van der Waals surface area contributed by atoms with Gasteiger partial charge in [-0.1, -0.05) is 35.9 Å². The molecule has 1 aliphatic carbocycles. The van der Waals surface area contributed by atoms with E-state index in [0.717, 1.165) is 37.1 Å². The van der Waals surface area contributed by atoms with Gasteiger partial charge in [-0.05, 0) is 73.9 Å². The van der Waals surface area contributed by atoms with Gasteiger partial charge in [-0.3, -0.25) is 14.0 Å². The van der Waals surface area contributed by atoms with Crippen LogP contribution in [-0.4, -0.2) is 62.6 Å². The number of benzene rings is 2. The Kier molecular flexibility index (Phi) is 8.09. The van der Waals surface area contributed by atoms with Crippen LogP contribution in [0.15, 0.2) is 36.4 Å². The number of carbonyl (C=O) groups is 1. The number of amides is 1. The highest BCUT2D eigenvalue weighted by Crippen LogP contribution is 2.29. The fraction of sp³-hybridized carbons (Fsp3) is 0.519. The summed E-state index contributed by atoms with van der Waals surface area (Å²) in [5.41, 5.74) is 5.16. The average Bonchev–Trinajstić information content (AvgIpc) is 3.23. The van der Waals surface area contributed by atoms with Gasteiger partial charge in [0, 0.05) is 43.8 Å². The average molecular weight is 518 g/mol. The minimum atomic E-state index is -3.51. The summed E-state index contributed by atoms with van der Waals surface area (Å²) < 4.78 is 27.0. The second-order valence-electron chi connectivity index (χ2n) is 10.0. The Labute approximate surface area is 214 Å². The Balaban J connectivity index is 1.66. The lowest BCUT2D eigenvalue weighted by molar-refractivity contribution is -0.131. The lowest BCUT2D eigenvalue weighted by atomic mass is 10.0. The van der Waals surface area contributed by atoms with Crippen LogP contribution in [0.25, 0.3) is 0 Å². The van der Waals surface area contributed by atoms with Crippen LogP contribution in [0.1, 0.15) is 48.9 Å². The quantitative estimate of drug-likeness (QED) is 0.607. The van der Waals surface area contributed by atoms with E-state index in [2.05, 4.69) is 36.9 Å². The van der Waals surface area contributed by atoms with Crippen molar-refractivity contribution in [3.05, 3.63) is 63.7 Å². The van der Waals surface area contributed by atoms with Gasteiger partial charge in [-0.2, -0.15) is 0 Å². The molecule has 0 unspecified atom stereocenters. The maximum absolute atomic E-state index is 13.6. The van der Waals surface area contributed by atoms with Crippen LogP contribution >= 0.6 is 11.6 Å². The molecule has 0 spiro atoms. The number of sulfonamides is 1. The predicted molar refractivity (Wildman–Crippen MR) is 143 cm³/mol. The molecule has 35 heavy (non-hydrogen) atoms. The van der Waals surface area contributed by atoms with Gasteiger partial charge >= 0.3 is 0 Å². The van der Waals surface area contributed by atoms with Crippen molar-refractivity contribution < 1.29 is 13.2 Å². The first kappa shape index (κ1) is 26.0. The molecule has 1 aliphatic heterocycles. The summed E-state index contributed by atoms with van der Waals surface area (Å²) in [5.74, 6) is 0.0534. The monoisotopic (exact) mass is 517 g/mol. The molecule has 6 nitrogen and oxygen atoms in total. The van der Waals surface area contributed by atoms with Gasteiger partial charge in [0.2, 0.25) is 15.9 Å². The third kappa shape index (κ3) is 6.38. The fourth-order valence-corrected chi connectivity index (χ4v) is 6.34. The largest absolute Gasteiger partial charge is 0.337 e. The first-order valence-electron chi connectivity index (χ1n) is 12.5. The molecule has 0 fully saturated rings. The maximum atomic E-state index is 13.6. The number of rotatable bonds is 4. The number of hydrogen-bond acceptors (Lipinski definition) is 4. The minimum Gasteiger partial charge on any atom is -0.337 e. The van der Waals surface area contributed by atoms with E-state index in [1.807, 2.05) is 11.0 Å². The highest BCUT2D eigenvalue weighted by atomic mass is 35.5. The molecule has 0 radical (unpaired) electrons. The van der Waals surface area contributed by atoms with Gasteiger partial charge in [0.15, 0.2) is 0 Å². The molecule has 0 aromatic heterocycles.